The minimum atomic E-state index is -0.951. The van der Waals surface area contributed by atoms with E-state index in [1.807, 2.05) is 0 Å². The van der Waals surface area contributed by atoms with Gasteiger partial charge in [0.2, 0.25) is 0 Å². The molecule has 18 heavy (non-hydrogen) atoms. The first-order chi connectivity index (χ1) is 8.33. The molecule has 98 valence electrons. The van der Waals surface area contributed by atoms with Crippen molar-refractivity contribution in [3.05, 3.63) is 46.5 Å². The summed E-state index contributed by atoms with van der Waals surface area (Å²) in [5.41, 5.74) is -0.251. The number of aliphatic hydroxyl groups is 1. The Kier molecular flexibility index (Phi) is 4.44. The Morgan fingerprint density at radius 2 is 2.22 bits per heavy atom. The van der Waals surface area contributed by atoms with Gasteiger partial charge in [0.05, 0.1) is 10.5 Å². The Balaban J connectivity index is 2.96. The first-order valence-corrected chi connectivity index (χ1v) is 5.57. The summed E-state index contributed by atoms with van der Waals surface area (Å²) in [5.74, 6) is 0.530. The maximum atomic E-state index is 10.7. The van der Waals surface area contributed by atoms with Crippen molar-refractivity contribution < 1.29 is 14.8 Å². The van der Waals surface area contributed by atoms with Crippen LogP contribution in [0.5, 0.6) is 5.75 Å². The third kappa shape index (κ3) is 4.18. The van der Waals surface area contributed by atoms with E-state index in [2.05, 4.69) is 6.58 Å². The number of ether oxygens (including phenoxy) is 1. The summed E-state index contributed by atoms with van der Waals surface area (Å²) in [7, 11) is 0. The van der Waals surface area contributed by atoms with Crippen LogP contribution in [-0.2, 0) is 6.42 Å². The second-order valence-electron chi connectivity index (χ2n) is 4.64. The highest BCUT2D eigenvalue weighted by Gasteiger charge is 2.16. The normalized spacial score (nSPS) is 11.1. The van der Waals surface area contributed by atoms with Gasteiger partial charge >= 0.3 is 0 Å². The molecule has 1 aromatic carbocycles. The first kappa shape index (κ1) is 14.2. The average molecular weight is 251 g/mol. The van der Waals surface area contributed by atoms with Crippen LogP contribution in [0.4, 0.5) is 5.69 Å². The summed E-state index contributed by atoms with van der Waals surface area (Å²) in [6, 6.07) is 4.39. The molecule has 0 radical (unpaired) electrons. The van der Waals surface area contributed by atoms with Gasteiger partial charge in [-0.15, -0.1) is 6.58 Å². The fraction of sp³-hybridized carbons (Fsp3) is 0.385. The van der Waals surface area contributed by atoms with Gasteiger partial charge in [-0.05, 0) is 26.3 Å². The molecule has 0 amide bonds. The van der Waals surface area contributed by atoms with Gasteiger partial charge in [0.25, 0.3) is 5.69 Å². The number of hydrogen-bond acceptors (Lipinski definition) is 4. The molecular formula is C13H17NO4. The van der Waals surface area contributed by atoms with Crippen LogP contribution in [0, 0.1) is 10.1 Å². The Labute approximate surface area is 106 Å². The molecule has 1 rings (SSSR count). The Bertz CT molecular complexity index is 449. The Morgan fingerprint density at radius 1 is 1.56 bits per heavy atom. The predicted molar refractivity (Wildman–Crippen MR) is 68.8 cm³/mol. The summed E-state index contributed by atoms with van der Waals surface area (Å²) in [5, 5.41) is 20.3. The van der Waals surface area contributed by atoms with Crippen molar-refractivity contribution in [1.29, 1.82) is 0 Å². The number of benzene rings is 1. The van der Waals surface area contributed by atoms with Crippen molar-refractivity contribution in [2.24, 2.45) is 0 Å². The van der Waals surface area contributed by atoms with E-state index in [4.69, 9.17) is 4.74 Å². The first-order valence-electron chi connectivity index (χ1n) is 5.57. The van der Waals surface area contributed by atoms with E-state index in [0.29, 0.717) is 17.7 Å². The zero-order chi connectivity index (χ0) is 13.8. The van der Waals surface area contributed by atoms with Crippen LogP contribution in [0.3, 0.4) is 0 Å². The van der Waals surface area contributed by atoms with E-state index >= 15 is 0 Å². The lowest BCUT2D eigenvalue weighted by Crippen LogP contribution is -2.28. The number of hydrogen-bond donors (Lipinski definition) is 1. The second-order valence-corrected chi connectivity index (χ2v) is 4.64. The lowest BCUT2D eigenvalue weighted by Gasteiger charge is -2.19. The molecule has 0 aliphatic heterocycles. The molecule has 5 nitrogen and oxygen atoms in total. The van der Waals surface area contributed by atoms with Gasteiger partial charge in [-0.25, -0.2) is 0 Å². The van der Waals surface area contributed by atoms with Crippen molar-refractivity contribution in [3.8, 4) is 5.75 Å². The average Bonchev–Trinajstić information content (AvgIpc) is 2.26. The molecule has 1 N–H and O–H groups in total. The third-order valence-electron chi connectivity index (χ3n) is 2.20. The summed E-state index contributed by atoms with van der Waals surface area (Å²) in [4.78, 5) is 10.2. The lowest BCUT2D eigenvalue weighted by molar-refractivity contribution is -0.384. The van der Waals surface area contributed by atoms with Gasteiger partial charge in [0.1, 0.15) is 12.4 Å². The molecule has 0 atom stereocenters. The zero-order valence-corrected chi connectivity index (χ0v) is 10.5. The van der Waals surface area contributed by atoms with Crippen LogP contribution in [0.2, 0.25) is 0 Å². The molecule has 0 bridgehead atoms. The summed E-state index contributed by atoms with van der Waals surface area (Å²) < 4.78 is 5.47. The van der Waals surface area contributed by atoms with E-state index in [-0.39, 0.29) is 12.3 Å². The molecule has 0 heterocycles. The molecular weight excluding hydrogens is 234 g/mol. The van der Waals surface area contributed by atoms with Gasteiger partial charge in [-0.1, -0.05) is 6.08 Å². The molecule has 0 aromatic heterocycles. The molecule has 0 saturated carbocycles. The maximum Gasteiger partial charge on any atom is 0.269 e. The summed E-state index contributed by atoms with van der Waals surface area (Å²) in [6.07, 6.45) is 2.12. The Morgan fingerprint density at radius 3 is 2.72 bits per heavy atom. The van der Waals surface area contributed by atoms with E-state index in [0.717, 1.165) is 0 Å². The molecule has 0 unspecified atom stereocenters. The molecule has 5 heteroatoms. The van der Waals surface area contributed by atoms with Crippen LogP contribution in [0.15, 0.2) is 30.9 Å². The highest BCUT2D eigenvalue weighted by molar-refractivity contribution is 5.44. The van der Waals surface area contributed by atoms with Crippen LogP contribution in [-0.4, -0.2) is 22.2 Å². The summed E-state index contributed by atoms with van der Waals surface area (Å²) >= 11 is 0. The van der Waals surface area contributed by atoms with Gasteiger partial charge in [-0.2, -0.15) is 0 Å². The van der Waals surface area contributed by atoms with E-state index < -0.39 is 10.5 Å². The number of non-ortho nitro benzene ring substituents is 1. The highest BCUT2D eigenvalue weighted by Crippen LogP contribution is 2.25. The van der Waals surface area contributed by atoms with Crippen LogP contribution in [0.1, 0.15) is 19.4 Å². The minimum Gasteiger partial charge on any atom is -0.490 e. The molecule has 0 saturated heterocycles. The van der Waals surface area contributed by atoms with Crippen molar-refractivity contribution in [2.75, 3.05) is 6.61 Å². The number of nitro benzene ring substituents is 1. The van der Waals surface area contributed by atoms with Crippen LogP contribution in [0.25, 0.3) is 0 Å². The third-order valence-corrected chi connectivity index (χ3v) is 2.20. The number of allylic oxidation sites excluding steroid dienone is 1. The standard InChI is InChI=1S/C13H17NO4/c1-4-5-10-8-11(14(16)17)6-7-12(10)18-9-13(2,3)15/h4,6-8,15H,1,5,9H2,2-3H3. The second kappa shape index (κ2) is 5.64. The van der Waals surface area contributed by atoms with E-state index in [1.165, 1.54) is 12.1 Å². The van der Waals surface area contributed by atoms with Crippen molar-refractivity contribution in [3.63, 3.8) is 0 Å². The van der Waals surface area contributed by atoms with Gasteiger partial charge in [0.15, 0.2) is 0 Å². The number of nitrogens with zero attached hydrogens (tertiary/aromatic N) is 1. The van der Waals surface area contributed by atoms with Crippen LogP contribution >= 0.6 is 0 Å². The molecule has 0 aliphatic carbocycles. The SMILES string of the molecule is C=CCc1cc([N+](=O)[O-])ccc1OCC(C)(C)O. The molecule has 0 fully saturated rings. The van der Waals surface area contributed by atoms with E-state index in [1.54, 1.807) is 26.0 Å². The number of rotatable bonds is 6. The molecule has 1 aromatic rings. The fourth-order valence-electron chi connectivity index (χ4n) is 1.39. The Hall–Kier alpha value is -1.88. The van der Waals surface area contributed by atoms with Crippen LogP contribution < -0.4 is 4.74 Å². The monoisotopic (exact) mass is 251 g/mol. The molecule has 0 spiro atoms. The van der Waals surface area contributed by atoms with Crippen molar-refractivity contribution in [1.82, 2.24) is 0 Å². The van der Waals surface area contributed by atoms with Crippen molar-refractivity contribution >= 4 is 5.69 Å². The smallest absolute Gasteiger partial charge is 0.269 e. The van der Waals surface area contributed by atoms with Gasteiger partial charge < -0.3 is 9.84 Å². The number of nitro groups is 1. The van der Waals surface area contributed by atoms with E-state index in [9.17, 15) is 15.2 Å². The maximum absolute atomic E-state index is 10.7. The quantitative estimate of drug-likeness (QED) is 0.479. The summed E-state index contributed by atoms with van der Waals surface area (Å²) in [6.45, 7) is 6.99. The van der Waals surface area contributed by atoms with Crippen molar-refractivity contribution in [2.45, 2.75) is 25.9 Å². The van der Waals surface area contributed by atoms with Gasteiger partial charge in [-0.3, -0.25) is 10.1 Å². The zero-order valence-electron chi connectivity index (χ0n) is 10.5. The predicted octanol–water partition coefficient (Wildman–Crippen LogP) is 2.47. The molecule has 0 aliphatic rings. The lowest BCUT2D eigenvalue weighted by atomic mass is 10.1. The van der Waals surface area contributed by atoms with Gasteiger partial charge in [0, 0.05) is 17.7 Å². The topological polar surface area (TPSA) is 72.6 Å². The highest BCUT2D eigenvalue weighted by atomic mass is 16.6. The fourth-order valence-corrected chi connectivity index (χ4v) is 1.39. The largest absolute Gasteiger partial charge is 0.490 e. The minimum absolute atomic E-state index is 0.0162.